The summed E-state index contributed by atoms with van der Waals surface area (Å²) in [5.74, 6) is 0. The van der Waals surface area contributed by atoms with Gasteiger partial charge in [-0.05, 0) is 45.4 Å². The van der Waals surface area contributed by atoms with Crippen molar-refractivity contribution in [2.45, 2.75) is 56.8 Å². The van der Waals surface area contributed by atoms with E-state index in [2.05, 4.69) is 10.0 Å². The minimum atomic E-state index is -3.42. The quantitative estimate of drug-likeness (QED) is 0.814. The average molecular weight is 304 g/mol. The molecule has 6 heteroatoms. The maximum Gasteiger partial charge on any atom is 0.250 e. The van der Waals surface area contributed by atoms with Gasteiger partial charge in [-0.25, -0.2) is 13.1 Å². The monoisotopic (exact) mass is 304 g/mol. The van der Waals surface area contributed by atoms with E-state index in [1.807, 2.05) is 34.7 Å². The first kappa shape index (κ1) is 16.6. The van der Waals surface area contributed by atoms with Gasteiger partial charge < -0.3 is 5.32 Å². The van der Waals surface area contributed by atoms with Crippen molar-refractivity contribution < 1.29 is 8.42 Å². The second-order valence-corrected chi connectivity index (χ2v) is 8.12. The highest BCUT2D eigenvalue weighted by Crippen LogP contribution is 2.27. The van der Waals surface area contributed by atoms with E-state index in [1.54, 1.807) is 6.07 Å². The maximum absolute atomic E-state index is 12.4. The summed E-state index contributed by atoms with van der Waals surface area (Å²) in [7, 11) is -1.56. The van der Waals surface area contributed by atoms with Crippen molar-refractivity contribution in [2.24, 2.45) is 0 Å². The van der Waals surface area contributed by atoms with Gasteiger partial charge in [0.25, 0.3) is 10.0 Å². The second kappa shape index (κ2) is 6.35. The number of sulfonamides is 1. The van der Waals surface area contributed by atoms with Crippen molar-refractivity contribution in [1.29, 1.82) is 0 Å². The van der Waals surface area contributed by atoms with Crippen LogP contribution in [0.4, 0.5) is 0 Å². The fourth-order valence-electron chi connectivity index (χ4n) is 1.73. The number of hydrogen-bond donors (Lipinski definition) is 2. The van der Waals surface area contributed by atoms with Crippen molar-refractivity contribution in [1.82, 2.24) is 10.0 Å². The van der Waals surface area contributed by atoms with E-state index in [1.165, 1.54) is 11.3 Å². The van der Waals surface area contributed by atoms with E-state index in [0.717, 1.165) is 23.3 Å². The van der Waals surface area contributed by atoms with Crippen molar-refractivity contribution in [3.05, 3.63) is 16.5 Å². The van der Waals surface area contributed by atoms with E-state index < -0.39 is 10.0 Å². The molecule has 0 spiro atoms. The topological polar surface area (TPSA) is 58.2 Å². The predicted molar refractivity (Wildman–Crippen MR) is 81.1 cm³/mol. The summed E-state index contributed by atoms with van der Waals surface area (Å²) < 4.78 is 28.1. The lowest BCUT2D eigenvalue weighted by atomic mass is 9.98. The van der Waals surface area contributed by atoms with Gasteiger partial charge >= 0.3 is 0 Å². The molecule has 0 saturated heterocycles. The van der Waals surface area contributed by atoms with Crippen LogP contribution in [-0.2, 0) is 16.6 Å². The van der Waals surface area contributed by atoms with Crippen LogP contribution in [0.1, 0.15) is 44.1 Å². The first-order chi connectivity index (χ1) is 8.78. The van der Waals surface area contributed by atoms with Gasteiger partial charge in [0.2, 0.25) is 0 Å². The van der Waals surface area contributed by atoms with Gasteiger partial charge in [0, 0.05) is 17.0 Å². The zero-order valence-corrected chi connectivity index (χ0v) is 14.0. The summed E-state index contributed by atoms with van der Waals surface area (Å²) in [4.78, 5) is 1.07. The average Bonchev–Trinajstić information content (AvgIpc) is 2.72. The van der Waals surface area contributed by atoms with Crippen LogP contribution >= 0.6 is 11.3 Å². The molecule has 0 saturated carbocycles. The SMILES string of the molecule is CCC(C)(CC)NS(=O)(=O)c1cc(C)c(CNC)s1. The fourth-order valence-corrected chi connectivity index (χ4v) is 4.88. The summed E-state index contributed by atoms with van der Waals surface area (Å²) in [6.07, 6.45) is 1.55. The lowest BCUT2D eigenvalue weighted by molar-refractivity contribution is 0.389. The summed E-state index contributed by atoms with van der Waals surface area (Å²) in [5, 5.41) is 3.06. The van der Waals surface area contributed by atoms with Gasteiger partial charge in [-0.1, -0.05) is 13.8 Å². The summed E-state index contributed by atoms with van der Waals surface area (Å²) in [5.41, 5.74) is 0.648. The smallest absolute Gasteiger partial charge is 0.250 e. The molecule has 19 heavy (non-hydrogen) atoms. The molecule has 0 radical (unpaired) electrons. The number of hydrogen-bond acceptors (Lipinski definition) is 4. The number of aryl methyl sites for hydroxylation is 1. The van der Waals surface area contributed by atoms with Crippen LogP contribution in [0.15, 0.2) is 10.3 Å². The largest absolute Gasteiger partial charge is 0.315 e. The standard InChI is InChI=1S/C13H24N2O2S2/c1-6-13(4,7-2)15-19(16,17)12-8-10(3)11(18-12)9-14-5/h8,14-15H,6-7,9H2,1-5H3. The summed E-state index contributed by atoms with van der Waals surface area (Å²) >= 11 is 1.34. The Labute approximate surface area is 120 Å². The zero-order chi connectivity index (χ0) is 14.7. The molecule has 0 aliphatic carbocycles. The Morgan fingerprint density at radius 1 is 1.32 bits per heavy atom. The highest BCUT2D eigenvalue weighted by Gasteiger charge is 2.28. The van der Waals surface area contributed by atoms with Crippen LogP contribution in [-0.4, -0.2) is 21.0 Å². The fraction of sp³-hybridized carbons (Fsp3) is 0.692. The van der Waals surface area contributed by atoms with E-state index >= 15 is 0 Å². The van der Waals surface area contributed by atoms with E-state index in [-0.39, 0.29) is 5.54 Å². The minimum absolute atomic E-state index is 0.375. The Morgan fingerprint density at radius 3 is 2.37 bits per heavy atom. The number of rotatable bonds is 7. The van der Waals surface area contributed by atoms with Crippen molar-refractivity contribution in [3.63, 3.8) is 0 Å². The Morgan fingerprint density at radius 2 is 1.89 bits per heavy atom. The van der Waals surface area contributed by atoms with Crippen LogP contribution in [0.5, 0.6) is 0 Å². The highest BCUT2D eigenvalue weighted by molar-refractivity contribution is 7.91. The molecule has 1 heterocycles. The summed E-state index contributed by atoms with van der Waals surface area (Å²) in [6.45, 7) is 8.58. The Balaban J connectivity index is 3.04. The van der Waals surface area contributed by atoms with Crippen molar-refractivity contribution in [2.75, 3.05) is 7.05 Å². The molecule has 0 bridgehead atoms. The molecule has 2 N–H and O–H groups in total. The molecule has 0 aliphatic heterocycles. The molecule has 0 unspecified atom stereocenters. The summed E-state index contributed by atoms with van der Waals surface area (Å²) in [6, 6.07) is 1.76. The molecule has 1 aromatic rings. The third-order valence-corrected chi connectivity index (χ3v) is 6.89. The lowest BCUT2D eigenvalue weighted by Gasteiger charge is -2.27. The van der Waals surface area contributed by atoms with Crippen molar-refractivity contribution in [3.8, 4) is 0 Å². The van der Waals surface area contributed by atoms with Gasteiger partial charge in [0.1, 0.15) is 4.21 Å². The lowest BCUT2D eigenvalue weighted by Crippen LogP contribution is -2.44. The van der Waals surface area contributed by atoms with Gasteiger partial charge in [0.15, 0.2) is 0 Å². The van der Waals surface area contributed by atoms with E-state index in [4.69, 9.17) is 0 Å². The normalized spacial score (nSPS) is 12.9. The molecular weight excluding hydrogens is 280 g/mol. The first-order valence-corrected chi connectivity index (χ1v) is 8.86. The Bertz CT molecular complexity index is 517. The molecular formula is C13H24N2O2S2. The first-order valence-electron chi connectivity index (χ1n) is 6.56. The molecule has 4 nitrogen and oxygen atoms in total. The molecule has 110 valence electrons. The third-order valence-electron chi connectivity index (χ3n) is 3.54. The highest BCUT2D eigenvalue weighted by atomic mass is 32.2. The molecule has 1 rings (SSSR count). The van der Waals surface area contributed by atoms with Crippen molar-refractivity contribution >= 4 is 21.4 Å². The number of nitrogens with one attached hydrogen (secondary N) is 2. The van der Waals surface area contributed by atoms with Crippen LogP contribution < -0.4 is 10.0 Å². The molecule has 0 fully saturated rings. The predicted octanol–water partition coefficient (Wildman–Crippen LogP) is 2.63. The minimum Gasteiger partial charge on any atom is -0.315 e. The Kier molecular flexibility index (Phi) is 5.55. The third kappa shape index (κ3) is 4.02. The van der Waals surface area contributed by atoms with E-state index in [0.29, 0.717) is 10.8 Å². The maximum atomic E-state index is 12.4. The van der Waals surface area contributed by atoms with Crippen LogP contribution in [0.25, 0.3) is 0 Å². The van der Waals surface area contributed by atoms with Gasteiger partial charge in [-0.3, -0.25) is 0 Å². The number of thiophene rings is 1. The van der Waals surface area contributed by atoms with E-state index in [9.17, 15) is 8.42 Å². The van der Waals surface area contributed by atoms with Gasteiger partial charge in [-0.2, -0.15) is 0 Å². The van der Waals surface area contributed by atoms with Crippen LogP contribution in [0.2, 0.25) is 0 Å². The molecule has 0 aromatic carbocycles. The zero-order valence-electron chi connectivity index (χ0n) is 12.3. The molecule has 1 aromatic heterocycles. The van der Waals surface area contributed by atoms with Crippen LogP contribution in [0.3, 0.4) is 0 Å². The van der Waals surface area contributed by atoms with Gasteiger partial charge in [-0.15, -0.1) is 11.3 Å². The Hall–Kier alpha value is -0.430. The molecule has 0 atom stereocenters. The second-order valence-electron chi connectivity index (χ2n) is 5.08. The molecule has 0 amide bonds. The molecule has 0 aliphatic rings. The van der Waals surface area contributed by atoms with Crippen LogP contribution in [0, 0.1) is 6.92 Å². The van der Waals surface area contributed by atoms with Gasteiger partial charge in [0.05, 0.1) is 0 Å².